The van der Waals surface area contributed by atoms with Gasteiger partial charge in [0, 0.05) is 13.0 Å². The second-order valence-corrected chi connectivity index (χ2v) is 11.6. The van der Waals surface area contributed by atoms with Gasteiger partial charge in [-0.3, -0.25) is 4.79 Å². The van der Waals surface area contributed by atoms with Crippen LogP contribution >= 0.6 is 0 Å². The van der Waals surface area contributed by atoms with E-state index in [1.165, 1.54) is 7.11 Å². The number of aliphatic hydroxyl groups excluding tert-OH is 9. The number of alkyl halides is 1. The topological polar surface area (TPSA) is 264 Å². The van der Waals surface area contributed by atoms with Crippen LogP contribution in [0.2, 0.25) is 0 Å². The highest BCUT2D eigenvalue weighted by atomic mass is 19.1. The van der Waals surface area contributed by atoms with Crippen LogP contribution in [0.4, 0.5) is 4.39 Å². The largest absolute Gasteiger partial charge is 0.469 e. The molecule has 0 aliphatic carbocycles. The second kappa shape index (κ2) is 19.1. The highest BCUT2D eigenvalue weighted by molar-refractivity contribution is 5.68. The van der Waals surface area contributed by atoms with Crippen molar-refractivity contribution in [2.45, 2.75) is 137 Å². The summed E-state index contributed by atoms with van der Waals surface area (Å²) in [5, 5.41) is 92.1. The van der Waals surface area contributed by atoms with Crippen LogP contribution in [0.25, 0.3) is 0 Å². The van der Waals surface area contributed by atoms with E-state index in [9.17, 15) is 55.1 Å². The van der Waals surface area contributed by atoms with Crippen molar-refractivity contribution in [3.63, 3.8) is 0 Å². The molecule has 0 aromatic heterocycles. The smallest absolute Gasteiger partial charge is 0.305 e. The Bertz CT molecular complexity index is 887. The van der Waals surface area contributed by atoms with E-state index in [1.54, 1.807) is 0 Å². The number of hydrogen-bond donors (Lipinski definition) is 9. The Labute approximate surface area is 265 Å². The fourth-order valence-electron chi connectivity index (χ4n) is 5.51. The molecule has 3 fully saturated rings. The van der Waals surface area contributed by atoms with E-state index in [0.717, 1.165) is 32.1 Å². The molecule has 3 saturated heterocycles. The summed E-state index contributed by atoms with van der Waals surface area (Å²) in [7, 11) is 1.34. The minimum Gasteiger partial charge on any atom is -0.469 e. The normalized spacial score (nSPS) is 41.8. The molecule has 0 radical (unpaired) electrons. The molecule has 3 aliphatic heterocycles. The van der Waals surface area contributed by atoms with Gasteiger partial charge in [-0.1, -0.05) is 25.7 Å². The fourth-order valence-corrected chi connectivity index (χ4v) is 5.51. The Hall–Kier alpha value is -1.20. The SMILES string of the molecule is COC(=O)CCCCCCCCO[C@H]1O[C@H](CO)[C@@H](O)[C@H](O[C@@H]2O[C@H](CO)[C@@H](O)[C@H](O)[C@H]2O[C@@H]2O[C@H](CO)[C@@H](O)[C@H](O)[C@@H]2F)[C@H]1O. The van der Waals surface area contributed by atoms with Crippen LogP contribution in [-0.4, -0.2) is 178 Å². The Kier molecular flexibility index (Phi) is 16.3. The van der Waals surface area contributed by atoms with Crippen LogP contribution in [0.5, 0.6) is 0 Å². The number of aliphatic hydroxyl groups is 9. The molecule has 15 atom stereocenters. The summed E-state index contributed by atoms with van der Waals surface area (Å²) < 4.78 is 52.8. The molecule has 0 aromatic rings. The van der Waals surface area contributed by atoms with Gasteiger partial charge in [0.2, 0.25) is 0 Å². The van der Waals surface area contributed by atoms with Crippen molar-refractivity contribution in [3.8, 4) is 0 Å². The van der Waals surface area contributed by atoms with Crippen LogP contribution in [0.3, 0.4) is 0 Å². The lowest BCUT2D eigenvalue weighted by molar-refractivity contribution is -0.386. The summed E-state index contributed by atoms with van der Waals surface area (Å²) in [5.74, 6) is -0.253. The monoisotopic (exact) mass is 676 g/mol. The van der Waals surface area contributed by atoms with E-state index in [4.69, 9.17) is 28.4 Å². The van der Waals surface area contributed by atoms with Gasteiger partial charge in [-0.2, -0.15) is 0 Å². The molecular formula is C28H49FO17. The number of methoxy groups -OCH3 is 1. The van der Waals surface area contributed by atoms with Gasteiger partial charge in [-0.15, -0.1) is 0 Å². The lowest BCUT2D eigenvalue weighted by atomic mass is 9.96. The van der Waals surface area contributed by atoms with E-state index >= 15 is 0 Å². The predicted octanol–water partition coefficient (Wildman–Crippen LogP) is -3.67. The molecule has 46 heavy (non-hydrogen) atoms. The van der Waals surface area contributed by atoms with E-state index in [-0.39, 0.29) is 12.6 Å². The lowest BCUT2D eigenvalue weighted by Crippen LogP contribution is -2.66. The van der Waals surface area contributed by atoms with E-state index in [1.807, 2.05) is 0 Å². The Morgan fingerprint density at radius 2 is 1.11 bits per heavy atom. The molecule has 3 heterocycles. The minimum atomic E-state index is -2.39. The molecule has 0 spiro atoms. The first kappa shape index (κ1) is 39.2. The number of hydrogen-bond acceptors (Lipinski definition) is 17. The summed E-state index contributed by atoms with van der Waals surface area (Å²) >= 11 is 0. The van der Waals surface area contributed by atoms with E-state index < -0.39 is 112 Å². The molecule has 18 heteroatoms. The number of esters is 1. The number of unbranched alkanes of at least 4 members (excludes halogenated alkanes) is 5. The number of carbonyl (C=O) groups excluding carboxylic acids is 1. The van der Waals surface area contributed by atoms with Crippen molar-refractivity contribution in [2.24, 2.45) is 0 Å². The van der Waals surface area contributed by atoms with Crippen molar-refractivity contribution in [3.05, 3.63) is 0 Å². The van der Waals surface area contributed by atoms with Crippen LogP contribution in [-0.2, 0) is 38.0 Å². The second-order valence-electron chi connectivity index (χ2n) is 11.6. The van der Waals surface area contributed by atoms with Gasteiger partial charge >= 0.3 is 5.97 Å². The van der Waals surface area contributed by atoms with Gasteiger partial charge < -0.3 is 79.1 Å². The molecule has 3 aliphatic rings. The van der Waals surface area contributed by atoms with Gasteiger partial charge in [0.1, 0.15) is 67.1 Å². The maximum Gasteiger partial charge on any atom is 0.305 e. The number of rotatable bonds is 17. The zero-order chi connectivity index (χ0) is 34.0. The van der Waals surface area contributed by atoms with E-state index in [0.29, 0.717) is 12.8 Å². The Morgan fingerprint density at radius 1 is 0.609 bits per heavy atom. The first-order valence-corrected chi connectivity index (χ1v) is 15.5. The highest BCUT2D eigenvalue weighted by Crippen LogP contribution is 2.33. The third kappa shape index (κ3) is 9.93. The molecule has 0 amide bonds. The van der Waals surface area contributed by atoms with Crippen molar-refractivity contribution >= 4 is 5.97 Å². The first-order valence-electron chi connectivity index (χ1n) is 15.5. The standard InChI is InChI=1S/C28H49FO17/c1-40-16(33)8-6-4-2-3-5-7-9-41-27-23(39)24(20(36)15(12-32)43-27)45-28-25(22(38)19(35)14(11-31)44-28)46-26-17(29)21(37)18(34)13(10-30)42-26/h13-15,17-28,30-32,34-39H,2-12H2,1H3/t13-,14-,15-,17+,18-,19-,20-,21-,22+,23-,24+,25-,26+,27+,28+/m1/s1. The highest BCUT2D eigenvalue weighted by Gasteiger charge is 2.54. The van der Waals surface area contributed by atoms with Crippen LogP contribution in [0.15, 0.2) is 0 Å². The molecule has 9 N–H and O–H groups in total. The van der Waals surface area contributed by atoms with Crippen molar-refractivity contribution in [1.82, 2.24) is 0 Å². The van der Waals surface area contributed by atoms with Crippen molar-refractivity contribution < 1.29 is 88.3 Å². The molecule has 0 unspecified atom stereocenters. The van der Waals surface area contributed by atoms with Gasteiger partial charge in [-0.25, -0.2) is 4.39 Å². The minimum absolute atomic E-state index is 0.130. The number of carbonyl (C=O) groups is 1. The summed E-state index contributed by atoms with van der Waals surface area (Å²) in [4.78, 5) is 11.2. The summed E-state index contributed by atoms with van der Waals surface area (Å²) in [6, 6.07) is 0. The summed E-state index contributed by atoms with van der Waals surface area (Å²) in [6.07, 6.45) is -21.3. The average Bonchev–Trinajstić information content (AvgIpc) is 3.05. The van der Waals surface area contributed by atoms with Gasteiger partial charge in [0.15, 0.2) is 25.0 Å². The maximum absolute atomic E-state index is 14.9. The molecule has 0 aromatic carbocycles. The molecule has 0 bridgehead atoms. The molecule has 270 valence electrons. The third-order valence-electron chi connectivity index (χ3n) is 8.32. The molecule has 0 saturated carbocycles. The summed E-state index contributed by atoms with van der Waals surface area (Å²) in [6.45, 7) is -2.23. The fraction of sp³-hybridized carbons (Fsp3) is 0.964. The van der Waals surface area contributed by atoms with Gasteiger partial charge in [-0.05, 0) is 12.8 Å². The first-order chi connectivity index (χ1) is 22.0. The number of ether oxygens (including phenoxy) is 7. The molecule has 17 nitrogen and oxygen atoms in total. The Balaban J connectivity index is 1.64. The molecule has 3 rings (SSSR count). The maximum atomic E-state index is 14.9. The van der Waals surface area contributed by atoms with Gasteiger partial charge in [0.05, 0.1) is 26.9 Å². The molecular weight excluding hydrogens is 627 g/mol. The van der Waals surface area contributed by atoms with Gasteiger partial charge in [0.25, 0.3) is 0 Å². The van der Waals surface area contributed by atoms with Crippen molar-refractivity contribution in [2.75, 3.05) is 33.5 Å². The van der Waals surface area contributed by atoms with Crippen LogP contribution in [0, 0.1) is 0 Å². The Morgan fingerprint density at radius 3 is 1.72 bits per heavy atom. The number of halogens is 1. The summed E-state index contributed by atoms with van der Waals surface area (Å²) in [5.41, 5.74) is 0. The van der Waals surface area contributed by atoms with Crippen molar-refractivity contribution in [1.29, 1.82) is 0 Å². The lowest BCUT2D eigenvalue weighted by Gasteiger charge is -2.48. The van der Waals surface area contributed by atoms with Crippen LogP contribution < -0.4 is 0 Å². The zero-order valence-corrected chi connectivity index (χ0v) is 25.6. The third-order valence-corrected chi connectivity index (χ3v) is 8.32. The van der Waals surface area contributed by atoms with Crippen LogP contribution in [0.1, 0.15) is 44.9 Å². The average molecular weight is 677 g/mol. The predicted molar refractivity (Wildman–Crippen MR) is 148 cm³/mol. The zero-order valence-electron chi connectivity index (χ0n) is 25.6. The van der Waals surface area contributed by atoms with E-state index in [2.05, 4.69) is 4.74 Å². The quantitative estimate of drug-likeness (QED) is 0.0531.